The highest BCUT2D eigenvalue weighted by Crippen LogP contribution is 2.35. The van der Waals surface area contributed by atoms with Gasteiger partial charge in [-0.05, 0) is 69.1 Å². The Labute approximate surface area is 219 Å². The molecule has 4 N–H and O–H groups in total. The maximum atomic E-state index is 13.4. The fraction of sp³-hybridized carbons (Fsp3) is 0.679. The summed E-state index contributed by atoms with van der Waals surface area (Å²) < 4.78 is 11.4. The number of hydrogen-bond acceptors (Lipinski definition) is 8. The lowest BCUT2D eigenvalue weighted by Gasteiger charge is -2.42. The van der Waals surface area contributed by atoms with Gasteiger partial charge in [-0.1, -0.05) is 39.3 Å². The molecular weight excluding hydrogens is 476 g/mol. The van der Waals surface area contributed by atoms with Crippen LogP contribution in [0.5, 0.6) is 5.75 Å². The van der Waals surface area contributed by atoms with Crippen LogP contribution in [-0.2, 0) is 30.3 Å². The number of ketones is 1. The molecule has 9 nitrogen and oxygen atoms in total. The lowest BCUT2D eigenvalue weighted by molar-refractivity contribution is -0.263. The molecule has 6 atom stereocenters. The van der Waals surface area contributed by atoms with Gasteiger partial charge in [0.25, 0.3) is 11.7 Å². The number of rotatable bonds is 10. The molecule has 0 bridgehead atoms. The van der Waals surface area contributed by atoms with Crippen LogP contribution in [0.4, 0.5) is 0 Å². The van der Waals surface area contributed by atoms with Gasteiger partial charge in [0, 0.05) is 18.4 Å². The van der Waals surface area contributed by atoms with Gasteiger partial charge in [0.15, 0.2) is 6.23 Å². The monoisotopic (exact) mass is 518 g/mol. The molecule has 2 heterocycles. The van der Waals surface area contributed by atoms with Gasteiger partial charge in [-0.25, -0.2) is 4.79 Å². The summed E-state index contributed by atoms with van der Waals surface area (Å²) in [4.78, 5) is 41.0. The summed E-state index contributed by atoms with van der Waals surface area (Å²) in [5.74, 6) is -5.40. The molecule has 0 spiro atoms. The van der Waals surface area contributed by atoms with E-state index in [9.17, 15) is 24.6 Å². The van der Waals surface area contributed by atoms with Gasteiger partial charge >= 0.3 is 5.97 Å². The average molecular weight is 519 g/mol. The molecule has 0 radical (unpaired) electrons. The first-order chi connectivity index (χ1) is 17.6. The van der Waals surface area contributed by atoms with Gasteiger partial charge in [0.1, 0.15) is 11.8 Å². The number of benzene rings is 1. The molecule has 1 amide bonds. The zero-order valence-electron chi connectivity index (χ0n) is 22.2. The first-order valence-corrected chi connectivity index (χ1v) is 13.6. The van der Waals surface area contributed by atoms with E-state index in [4.69, 9.17) is 15.2 Å². The number of aromatic hydroxyl groups is 1. The smallest absolute Gasteiger partial charge is 0.330 e. The van der Waals surface area contributed by atoms with Crippen LogP contribution in [0.25, 0.3) is 0 Å². The molecule has 6 unspecified atom stereocenters. The summed E-state index contributed by atoms with van der Waals surface area (Å²) in [6.45, 7) is 5.84. The number of piperidine rings is 1. The van der Waals surface area contributed by atoms with Gasteiger partial charge < -0.3 is 24.6 Å². The molecule has 1 aromatic rings. The molecule has 206 valence electrons. The maximum absolute atomic E-state index is 13.4. The highest BCUT2D eigenvalue weighted by molar-refractivity contribution is 6.39. The molecule has 1 aromatic carbocycles. The van der Waals surface area contributed by atoms with E-state index >= 15 is 0 Å². The largest absolute Gasteiger partial charge is 0.508 e. The first kappa shape index (κ1) is 29.1. The fourth-order valence-electron chi connectivity index (χ4n) is 5.35. The SMILES string of the molecule is CCCC1CCC(C)C(O)(C(=O)C(=O)N2CCCCC2C(=O)OC(N)C(CC)Cc2cccc(O)c2)O1. The number of Topliss-reactive ketones (excluding diaryl/α,β-unsaturated/α-hetero) is 1. The molecule has 2 fully saturated rings. The summed E-state index contributed by atoms with van der Waals surface area (Å²) in [7, 11) is 0. The van der Waals surface area contributed by atoms with Crippen molar-refractivity contribution in [2.45, 2.75) is 103 Å². The Morgan fingerprint density at radius 3 is 2.65 bits per heavy atom. The molecule has 0 saturated carbocycles. The van der Waals surface area contributed by atoms with Crippen molar-refractivity contribution < 1.29 is 34.1 Å². The summed E-state index contributed by atoms with van der Waals surface area (Å²) in [5, 5.41) is 20.9. The highest BCUT2D eigenvalue weighted by atomic mass is 16.6. The van der Waals surface area contributed by atoms with Crippen LogP contribution in [-0.4, -0.2) is 63.5 Å². The van der Waals surface area contributed by atoms with Gasteiger partial charge in [0.2, 0.25) is 5.79 Å². The number of ether oxygens (including phenoxy) is 2. The topological polar surface area (TPSA) is 139 Å². The number of carbonyl (C=O) groups is 3. The second kappa shape index (κ2) is 12.8. The van der Waals surface area contributed by atoms with Crippen LogP contribution in [0.2, 0.25) is 0 Å². The molecule has 37 heavy (non-hydrogen) atoms. The predicted octanol–water partition coefficient (Wildman–Crippen LogP) is 3.04. The number of esters is 1. The maximum Gasteiger partial charge on any atom is 0.330 e. The predicted molar refractivity (Wildman–Crippen MR) is 137 cm³/mol. The molecule has 0 aliphatic carbocycles. The van der Waals surface area contributed by atoms with Crippen molar-refractivity contribution in [3.8, 4) is 5.75 Å². The number of carbonyl (C=O) groups excluding carboxylic acids is 3. The van der Waals surface area contributed by atoms with Crippen LogP contribution in [0.15, 0.2) is 24.3 Å². The van der Waals surface area contributed by atoms with Crippen molar-refractivity contribution in [2.75, 3.05) is 6.54 Å². The molecule has 2 saturated heterocycles. The number of amides is 1. The van der Waals surface area contributed by atoms with Crippen LogP contribution < -0.4 is 5.73 Å². The normalized spacial score (nSPS) is 27.8. The Morgan fingerprint density at radius 1 is 1.22 bits per heavy atom. The average Bonchev–Trinajstić information content (AvgIpc) is 2.88. The Hall–Kier alpha value is -2.49. The summed E-state index contributed by atoms with van der Waals surface area (Å²) in [5.41, 5.74) is 7.14. The minimum absolute atomic E-state index is 0.151. The summed E-state index contributed by atoms with van der Waals surface area (Å²) in [6.07, 6.45) is 4.42. The third-order valence-electron chi connectivity index (χ3n) is 7.75. The van der Waals surface area contributed by atoms with E-state index in [-0.39, 0.29) is 24.3 Å². The third-order valence-corrected chi connectivity index (χ3v) is 7.75. The van der Waals surface area contributed by atoms with E-state index in [2.05, 4.69) is 0 Å². The van der Waals surface area contributed by atoms with E-state index < -0.39 is 41.6 Å². The Kier molecular flexibility index (Phi) is 10.1. The molecular formula is C28H42N2O7. The molecule has 2 aliphatic rings. The number of likely N-dealkylation sites (tertiary alicyclic amines) is 1. The second-order valence-corrected chi connectivity index (χ2v) is 10.5. The third kappa shape index (κ3) is 6.89. The van der Waals surface area contributed by atoms with Crippen molar-refractivity contribution in [1.29, 1.82) is 0 Å². The van der Waals surface area contributed by atoms with Gasteiger partial charge in [-0.3, -0.25) is 15.3 Å². The van der Waals surface area contributed by atoms with Crippen LogP contribution in [0.3, 0.4) is 0 Å². The van der Waals surface area contributed by atoms with Crippen molar-refractivity contribution in [1.82, 2.24) is 4.90 Å². The standard InChI is InChI=1S/C28H42N2O7/c1-4-9-22-14-13-18(3)28(35,37-22)24(32)26(33)30-15-7-6-12-23(30)27(34)36-25(29)20(5-2)16-19-10-8-11-21(31)17-19/h8,10-11,17-18,20,22-23,25,31,35H,4-7,9,12-16,29H2,1-3H3. The first-order valence-electron chi connectivity index (χ1n) is 13.6. The van der Waals surface area contributed by atoms with Crippen LogP contribution in [0, 0.1) is 11.8 Å². The number of aliphatic hydroxyl groups is 1. The van der Waals surface area contributed by atoms with Gasteiger partial charge in [-0.15, -0.1) is 0 Å². The molecule has 2 aliphatic heterocycles. The zero-order chi connectivity index (χ0) is 27.2. The number of phenols is 1. The van der Waals surface area contributed by atoms with E-state index in [1.807, 2.05) is 19.9 Å². The Morgan fingerprint density at radius 2 is 1.97 bits per heavy atom. The number of nitrogens with two attached hydrogens (primary N) is 1. The number of nitrogens with zero attached hydrogens (tertiary/aromatic N) is 1. The van der Waals surface area contributed by atoms with E-state index in [0.717, 1.165) is 18.4 Å². The number of phenolic OH excluding ortho intramolecular Hbond substituents is 1. The zero-order valence-corrected chi connectivity index (χ0v) is 22.2. The van der Waals surface area contributed by atoms with Crippen LogP contribution >= 0.6 is 0 Å². The van der Waals surface area contributed by atoms with Gasteiger partial charge in [-0.2, -0.15) is 0 Å². The second-order valence-electron chi connectivity index (χ2n) is 10.5. The molecule has 9 heteroatoms. The van der Waals surface area contributed by atoms with E-state index in [1.165, 1.54) is 4.90 Å². The van der Waals surface area contributed by atoms with Crippen molar-refractivity contribution in [3.63, 3.8) is 0 Å². The van der Waals surface area contributed by atoms with Gasteiger partial charge in [0.05, 0.1) is 6.10 Å². The van der Waals surface area contributed by atoms with Crippen molar-refractivity contribution in [2.24, 2.45) is 17.6 Å². The summed E-state index contributed by atoms with van der Waals surface area (Å²) >= 11 is 0. The molecule has 0 aromatic heterocycles. The lowest BCUT2D eigenvalue weighted by Crippen LogP contribution is -2.60. The van der Waals surface area contributed by atoms with E-state index in [0.29, 0.717) is 44.9 Å². The lowest BCUT2D eigenvalue weighted by atomic mass is 9.85. The minimum Gasteiger partial charge on any atom is -0.508 e. The number of hydrogen-bond donors (Lipinski definition) is 3. The molecule has 3 rings (SSSR count). The van der Waals surface area contributed by atoms with Crippen LogP contribution in [0.1, 0.15) is 77.7 Å². The highest BCUT2D eigenvalue weighted by Gasteiger charge is 2.52. The quantitative estimate of drug-likeness (QED) is 0.244. The Balaban J connectivity index is 1.69. The summed E-state index contributed by atoms with van der Waals surface area (Å²) in [6, 6.07) is 5.89. The van der Waals surface area contributed by atoms with Crippen molar-refractivity contribution in [3.05, 3.63) is 29.8 Å². The van der Waals surface area contributed by atoms with Crippen molar-refractivity contribution >= 4 is 17.7 Å². The fourth-order valence-corrected chi connectivity index (χ4v) is 5.35. The Bertz CT molecular complexity index is 954. The van der Waals surface area contributed by atoms with E-state index in [1.54, 1.807) is 25.1 Å². The minimum atomic E-state index is -2.20.